The maximum absolute atomic E-state index is 11.0. The highest BCUT2D eigenvalue weighted by atomic mass is 16.5. The quantitative estimate of drug-likeness (QED) is 0.808. The van der Waals surface area contributed by atoms with Gasteiger partial charge < -0.3 is 14.3 Å². The average Bonchev–Trinajstić information content (AvgIpc) is 2.57. The second-order valence-corrected chi connectivity index (χ2v) is 3.85. The minimum Gasteiger partial charge on any atom is -0.481 e. The minimum absolute atomic E-state index is 0.133. The molecule has 0 aliphatic rings. The van der Waals surface area contributed by atoms with Crippen LogP contribution in [-0.4, -0.2) is 24.8 Å². The van der Waals surface area contributed by atoms with Crippen LogP contribution in [0.15, 0.2) is 10.5 Å². The highest BCUT2D eigenvalue weighted by Gasteiger charge is 2.24. The predicted octanol–water partition coefficient (Wildman–Crippen LogP) is 2.36. The smallest absolute Gasteiger partial charge is 0.316 e. The standard InChI is InChI=1S/C12H18O4/c1-4-5-10-8(2)6-11(16-10)9(7-15-3)12(13)14/h6,9H,4-5,7H2,1-3H3,(H,13,14). The summed E-state index contributed by atoms with van der Waals surface area (Å²) in [6, 6.07) is 1.79. The zero-order valence-electron chi connectivity index (χ0n) is 9.95. The van der Waals surface area contributed by atoms with E-state index in [0.717, 1.165) is 24.2 Å². The van der Waals surface area contributed by atoms with Gasteiger partial charge in [0.15, 0.2) is 0 Å². The summed E-state index contributed by atoms with van der Waals surface area (Å²) >= 11 is 0. The van der Waals surface area contributed by atoms with Crippen LogP contribution in [0.3, 0.4) is 0 Å². The third kappa shape index (κ3) is 2.85. The van der Waals surface area contributed by atoms with Gasteiger partial charge >= 0.3 is 5.97 Å². The molecule has 90 valence electrons. The highest BCUT2D eigenvalue weighted by molar-refractivity contribution is 5.75. The third-order valence-corrected chi connectivity index (χ3v) is 2.49. The lowest BCUT2D eigenvalue weighted by Gasteiger charge is -2.07. The Labute approximate surface area is 95.2 Å². The summed E-state index contributed by atoms with van der Waals surface area (Å²) in [6.07, 6.45) is 1.82. The highest BCUT2D eigenvalue weighted by Crippen LogP contribution is 2.24. The first-order valence-corrected chi connectivity index (χ1v) is 5.41. The number of furan rings is 1. The number of carboxylic acids is 1. The van der Waals surface area contributed by atoms with Crippen molar-refractivity contribution in [2.45, 2.75) is 32.6 Å². The summed E-state index contributed by atoms with van der Waals surface area (Å²) in [7, 11) is 1.48. The topological polar surface area (TPSA) is 59.7 Å². The molecule has 4 heteroatoms. The van der Waals surface area contributed by atoms with Gasteiger partial charge in [-0.2, -0.15) is 0 Å². The summed E-state index contributed by atoms with van der Waals surface area (Å²) in [5.74, 6) is -0.275. The van der Waals surface area contributed by atoms with Gasteiger partial charge in [-0.3, -0.25) is 4.79 Å². The second kappa shape index (κ2) is 5.70. The Kier molecular flexibility index (Phi) is 4.55. The number of rotatable bonds is 6. The summed E-state index contributed by atoms with van der Waals surface area (Å²) in [5, 5.41) is 9.05. The monoisotopic (exact) mass is 226 g/mol. The largest absolute Gasteiger partial charge is 0.481 e. The van der Waals surface area contributed by atoms with Crippen molar-refractivity contribution in [2.24, 2.45) is 0 Å². The number of ether oxygens (including phenoxy) is 1. The average molecular weight is 226 g/mol. The van der Waals surface area contributed by atoms with Crippen molar-refractivity contribution in [2.75, 3.05) is 13.7 Å². The number of aliphatic carboxylic acids is 1. The van der Waals surface area contributed by atoms with Crippen LogP contribution >= 0.6 is 0 Å². The fourth-order valence-corrected chi connectivity index (χ4v) is 1.63. The van der Waals surface area contributed by atoms with Gasteiger partial charge in [-0.25, -0.2) is 0 Å². The molecule has 0 saturated carbocycles. The Morgan fingerprint density at radius 3 is 2.81 bits per heavy atom. The lowest BCUT2D eigenvalue weighted by atomic mass is 10.1. The summed E-state index contributed by atoms with van der Waals surface area (Å²) in [5.41, 5.74) is 1.01. The lowest BCUT2D eigenvalue weighted by molar-refractivity contribution is -0.140. The first-order chi connectivity index (χ1) is 7.60. The van der Waals surface area contributed by atoms with Gasteiger partial charge in [0, 0.05) is 13.5 Å². The van der Waals surface area contributed by atoms with E-state index in [1.165, 1.54) is 7.11 Å². The lowest BCUT2D eigenvalue weighted by Crippen LogP contribution is -2.16. The van der Waals surface area contributed by atoms with Gasteiger partial charge in [-0.15, -0.1) is 0 Å². The fraction of sp³-hybridized carbons (Fsp3) is 0.583. The third-order valence-electron chi connectivity index (χ3n) is 2.49. The molecule has 1 N–H and O–H groups in total. The Balaban J connectivity index is 2.92. The molecule has 0 saturated heterocycles. The zero-order chi connectivity index (χ0) is 12.1. The van der Waals surface area contributed by atoms with Crippen molar-refractivity contribution >= 4 is 5.97 Å². The van der Waals surface area contributed by atoms with Crippen molar-refractivity contribution in [3.05, 3.63) is 23.2 Å². The van der Waals surface area contributed by atoms with Crippen molar-refractivity contribution in [3.8, 4) is 0 Å². The van der Waals surface area contributed by atoms with E-state index in [2.05, 4.69) is 6.92 Å². The second-order valence-electron chi connectivity index (χ2n) is 3.85. The van der Waals surface area contributed by atoms with E-state index in [1.807, 2.05) is 6.92 Å². The van der Waals surface area contributed by atoms with E-state index in [-0.39, 0.29) is 6.61 Å². The van der Waals surface area contributed by atoms with Crippen molar-refractivity contribution in [1.29, 1.82) is 0 Å². The van der Waals surface area contributed by atoms with Gasteiger partial charge in [0.25, 0.3) is 0 Å². The molecular weight excluding hydrogens is 208 g/mol. The molecule has 0 radical (unpaired) electrons. The molecular formula is C12H18O4. The maximum atomic E-state index is 11.0. The normalized spacial score (nSPS) is 12.7. The van der Waals surface area contributed by atoms with E-state index in [9.17, 15) is 4.79 Å². The molecule has 1 rings (SSSR count). The van der Waals surface area contributed by atoms with E-state index in [4.69, 9.17) is 14.3 Å². The van der Waals surface area contributed by atoms with E-state index < -0.39 is 11.9 Å². The molecule has 1 aromatic heterocycles. The van der Waals surface area contributed by atoms with E-state index >= 15 is 0 Å². The van der Waals surface area contributed by atoms with Crippen molar-refractivity contribution < 1.29 is 19.1 Å². The Hall–Kier alpha value is -1.29. The number of carboxylic acid groups (broad SMARTS) is 1. The maximum Gasteiger partial charge on any atom is 0.316 e. The van der Waals surface area contributed by atoms with Gasteiger partial charge in [0.1, 0.15) is 17.4 Å². The van der Waals surface area contributed by atoms with Crippen LogP contribution in [0.5, 0.6) is 0 Å². The number of aryl methyl sites for hydroxylation is 2. The van der Waals surface area contributed by atoms with Crippen LogP contribution in [0.1, 0.15) is 36.3 Å². The van der Waals surface area contributed by atoms with Crippen LogP contribution < -0.4 is 0 Å². The summed E-state index contributed by atoms with van der Waals surface area (Å²) in [6.45, 7) is 4.13. The molecule has 0 amide bonds. The first kappa shape index (κ1) is 12.8. The van der Waals surface area contributed by atoms with Crippen LogP contribution in [0.4, 0.5) is 0 Å². The van der Waals surface area contributed by atoms with Crippen LogP contribution in [0.2, 0.25) is 0 Å². The zero-order valence-corrected chi connectivity index (χ0v) is 9.95. The molecule has 0 bridgehead atoms. The first-order valence-electron chi connectivity index (χ1n) is 5.41. The number of hydrogen-bond acceptors (Lipinski definition) is 3. The van der Waals surface area contributed by atoms with Gasteiger partial charge in [-0.05, 0) is 25.0 Å². The van der Waals surface area contributed by atoms with Crippen molar-refractivity contribution in [3.63, 3.8) is 0 Å². The molecule has 16 heavy (non-hydrogen) atoms. The van der Waals surface area contributed by atoms with Crippen molar-refractivity contribution in [1.82, 2.24) is 0 Å². The molecule has 1 atom stereocenters. The summed E-state index contributed by atoms with van der Waals surface area (Å²) < 4.78 is 10.5. The number of carbonyl (C=O) groups is 1. The fourth-order valence-electron chi connectivity index (χ4n) is 1.63. The molecule has 1 aromatic rings. The Bertz CT molecular complexity index is 354. The molecule has 0 aromatic carbocycles. The molecule has 0 fully saturated rings. The molecule has 1 unspecified atom stereocenters. The molecule has 0 spiro atoms. The predicted molar refractivity (Wildman–Crippen MR) is 59.7 cm³/mol. The molecule has 4 nitrogen and oxygen atoms in total. The Morgan fingerprint density at radius 1 is 1.62 bits per heavy atom. The molecule has 1 heterocycles. The van der Waals surface area contributed by atoms with E-state index in [0.29, 0.717) is 5.76 Å². The van der Waals surface area contributed by atoms with E-state index in [1.54, 1.807) is 6.07 Å². The Morgan fingerprint density at radius 2 is 2.31 bits per heavy atom. The van der Waals surface area contributed by atoms with Gasteiger partial charge in [0.05, 0.1) is 6.61 Å². The van der Waals surface area contributed by atoms with Gasteiger partial charge in [0.2, 0.25) is 0 Å². The van der Waals surface area contributed by atoms with Crippen LogP contribution in [-0.2, 0) is 16.0 Å². The van der Waals surface area contributed by atoms with Crippen LogP contribution in [0, 0.1) is 6.92 Å². The minimum atomic E-state index is -0.918. The SMILES string of the molecule is CCCc1oc(C(COC)C(=O)O)cc1C. The molecule has 0 aliphatic carbocycles. The van der Waals surface area contributed by atoms with Gasteiger partial charge in [-0.1, -0.05) is 6.92 Å². The number of methoxy groups -OCH3 is 1. The summed E-state index contributed by atoms with van der Waals surface area (Å²) in [4.78, 5) is 11.0. The van der Waals surface area contributed by atoms with Crippen LogP contribution in [0.25, 0.3) is 0 Å². The number of hydrogen-bond donors (Lipinski definition) is 1. The molecule has 0 aliphatic heterocycles.